The number of unbranched alkanes of at least 4 members (excludes halogenated alkanes) is 1. The van der Waals surface area contributed by atoms with Crippen molar-refractivity contribution >= 4 is 22.0 Å². The second-order valence-electron chi connectivity index (χ2n) is 6.44. The first kappa shape index (κ1) is 21.8. The molecule has 0 bridgehead atoms. The van der Waals surface area contributed by atoms with E-state index in [1.54, 1.807) is 18.2 Å². The van der Waals surface area contributed by atoms with E-state index in [-0.39, 0.29) is 10.9 Å². The van der Waals surface area contributed by atoms with Gasteiger partial charge >= 0.3 is 0 Å². The molecule has 150 valence electrons. The van der Waals surface area contributed by atoms with E-state index in [1.807, 2.05) is 44.2 Å². The molecular formula is C21H26N2O4S. The van der Waals surface area contributed by atoms with Crippen LogP contribution >= 0.6 is 0 Å². The zero-order chi connectivity index (χ0) is 20.6. The normalized spacial score (nSPS) is 13.0. The predicted octanol–water partition coefficient (Wildman–Crippen LogP) is 3.76. The van der Waals surface area contributed by atoms with Crippen molar-refractivity contribution in [3.63, 3.8) is 0 Å². The van der Waals surface area contributed by atoms with Gasteiger partial charge < -0.3 is 0 Å². The van der Waals surface area contributed by atoms with Gasteiger partial charge in [0.25, 0.3) is 5.91 Å². The summed E-state index contributed by atoms with van der Waals surface area (Å²) in [6.45, 7) is 4.33. The minimum Gasteiger partial charge on any atom is -0.288 e. The molecule has 0 heterocycles. The van der Waals surface area contributed by atoms with E-state index in [0.29, 0.717) is 12.1 Å². The number of sulfonamides is 1. The largest absolute Gasteiger partial charge is 0.288 e. The highest BCUT2D eigenvalue weighted by molar-refractivity contribution is 7.89. The van der Waals surface area contributed by atoms with Gasteiger partial charge in [-0.05, 0) is 42.7 Å². The molecule has 0 aliphatic rings. The lowest BCUT2D eigenvalue weighted by molar-refractivity contribution is -0.124. The third kappa shape index (κ3) is 5.51. The number of nitrogens with one attached hydrogen (secondary N) is 1. The molecular weight excluding hydrogens is 376 g/mol. The van der Waals surface area contributed by atoms with Crippen molar-refractivity contribution in [1.29, 1.82) is 0 Å². The number of amides is 1. The Bertz CT molecular complexity index is 911. The number of hydroxylamine groups is 1. The Labute approximate surface area is 166 Å². The van der Waals surface area contributed by atoms with Crippen molar-refractivity contribution < 1.29 is 18.4 Å². The molecule has 1 atom stereocenters. The van der Waals surface area contributed by atoms with Crippen LogP contribution in [0.3, 0.4) is 0 Å². The summed E-state index contributed by atoms with van der Waals surface area (Å²) in [4.78, 5) is 11.3. The lowest BCUT2D eigenvalue weighted by atomic mass is 10.1. The Morgan fingerprint density at radius 3 is 2.54 bits per heavy atom. The number of nitrogens with zero attached hydrogens (tertiary/aromatic N) is 1. The van der Waals surface area contributed by atoms with Crippen molar-refractivity contribution in [3.05, 3.63) is 71.8 Å². The molecule has 0 saturated carbocycles. The summed E-state index contributed by atoms with van der Waals surface area (Å²) >= 11 is 0. The van der Waals surface area contributed by atoms with Gasteiger partial charge in [0.1, 0.15) is 0 Å². The standard InChI is InChI=1S/C21H26N2O4S/c1-3-4-15-23(17(2)19-10-6-5-7-11-19)28(26,27)20-12-8-9-18(16-20)13-14-21(24)22-25/h5-14,16-17,25H,3-4,15H2,1-2H3,(H,22,24). The number of hydrogen-bond acceptors (Lipinski definition) is 4. The zero-order valence-corrected chi connectivity index (χ0v) is 16.9. The molecule has 1 unspecified atom stereocenters. The van der Waals surface area contributed by atoms with E-state index < -0.39 is 15.9 Å². The molecule has 0 radical (unpaired) electrons. The highest BCUT2D eigenvalue weighted by Crippen LogP contribution is 2.28. The summed E-state index contributed by atoms with van der Waals surface area (Å²) in [6.07, 6.45) is 4.22. The monoisotopic (exact) mass is 402 g/mol. The number of carbonyl (C=O) groups excluding carboxylic acids is 1. The van der Waals surface area contributed by atoms with Crippen molar-refractivity contribution in [1.82, 2.24) is 9.79 Å². The Hall–Kier alpha value is -2.48. The van der Waals surface area contributed by atoms with Gasteiger partial charge in [0, 0.05) is 18.7 Å². The van der Waals surface area contributed by atoms with Gasteiger partial charge in [-0.15, -0.1) is 0 Å². The predicted molar refractivity (Wildman–Crippen MR) is 109 cm³/mol. The Morgan fingerprint density at radius 2 is 1.89 bits per heavy atom. The fraction of sp³-hybridized carbons (Fsp3) is 0.286. The minimum absolute atomic E-state index is 0.165. The highest BCUT2D eigenvalue weighted by atomic mass is 32.2. The molecule has 0 aliphatic heterocycles. The second-order valence-corrected chi connectivity index (χ2v) is 8.33. The molecule has 2 aromatic rings. The average Bonchev–Trinajstić information content (AvgIpc) is 2.72. The van der Waals surface area contributed by atoms with Crippen LogP contribution in [0.2, 0.25) is 0 Å². The van der Waals surface area contributed by atoms with E-state index >= 15 is 0 Å². The van der Waals surface area contributed by atoms with Crippen LogP contribution in [0.5, 0.6) is 0 Å². The van der Waals surface area contributed by atoms with Gasteiger partial charge in [0.2, 0.25) is 10.0 Å². The summed E-state index contributed by atoms with van der Waals surface area (Å²) in [5.74, 6) is -0.685. The third-order valence-corrected chi connectivity index (χ3v) is 6.41. The fourth-order valence-corrected chi connectivity index (χ4v) is 4.57. The lowest BCUT2D eigenvalue weighted by Crippen LogP contribution is -2.34. The maximum absolute atomic E-state index is 13.4. The molecule has 0 spiro atoms. The smallest absolute Gasteiger partial charge is 0.267 e. The fourth-order valence-electron chi connectivity index (χ4n) is 2.86. The van der Waals surface area contributed by atoms with Gasteiger partial charge in [0.05, 0.1) is 4.90 Å². The molecule has 0 saturated heterocycles. The first-order valence-electron chi connectivity index (χ1n) is 9.19. The first-order chi connectivity index (χ1) is 13.4. The molecule has 2 N–H and O–H groups in total. The van der Waals surface area contributed by atoms with Crippen molar-refractivity contribution in [3.8, 4) is 0 Å². The Balaban J connectivity index is 2.39. The van der Waals surface area contributed by atoms with E-state index in [0.717, 1.165) is 24.5 Å². The van der Waals surface area contributed by atoms with E-state index in [9.17, 15) is 13.2 Å². The van der Waals surface area contributed by atoms with Crippen LogP contribution in [-0.4, -0.2) is 30.4 Å². The molecule has 0 fully saturated rings. The third-order valence-electron chi connectivity index (χ3n) is 4.45. The summed E-state index contributed by atoms with van der Waals surface area (Å²) < 4.78 is 28.3. The first-order valence-corrected chi connectivity index (χ1v) is 10.6. The maximum Gasteiger partial charge on any atom is 0.267 e. The molecule has 0 aliphatic carbocycles. The Morgan fingerprint density at radius 1 is 1.18 bits per heavy atom. The van der Waals surface area contributed by atoms with Gasteiger partial charge in [-0.2, -0.15) is 4.31 Å². The molecule has 0 aromatic heterocycles. The molecule has 2 aromatic carbocycles. The van der Waals surface area contributed by atoms with Crippen LogP contribution in [0.15, 0.2) is 65.6 Å². The molecule has 2 rings (SSSR count). The average molecular weight is 403 g/mol. The van der Waals surface area contributed by atoms with E-state index in [4.69, 9.17) is 5.21 Å². The summed E-state index contributed by atoms with van der Waals surface area (Å²) in [5, 5.41) is 8.57. The summed E-state index contributed by atoms with van der Waals surface area (Å²) in [5.41, 5.74) is 2.98. The van der Waals surface area contributed by atoms with Crippen LogP contribution in [0.4, 0.5) is 0 Å². The zero-order valence-electron chi connectivity index (χ0n) is 16.1. The SMILES string of the molecule is CCCCN(C(C)c1ccccc1)S(=O)(=O)c1cccc(C=CC(=O)NO)c1. The minimum atomic E-state index is -3.74. The van der Waals surface area contributed by atoms with Crippen molar-refractivity contribution in [2.24, 2.45) is 0 Å². The van der Waals surface area contributed by atoms with Gasteiger partial charge in [0.15, 0.2) is 0 Å². The molecule has 6 nitrogen and oxygen atoms in total. The Kier molecular flexibility index (Phi) is 7.92. The van der Waals surface area contributed by atoms with Crippen molar-refractivity contribution in [2.45, 2.75) is 37.6 Å². The quantitative estimate of drug-likeness (QED) is 0.380. The lowest BCUT2D eigenvalue weighted by Gasteiger charge is -2.29. The van der Waals surface area contributed by atoms with Gasteiger partial charge in [-0.1, -0.05) is 55.8 Å². The van der Waals surface area contributed by atoms with Gasteiger partial charge in [-0.25, -0.2) is 13.9 Å². The topological polar surface area (TPSA) is 86.7 Å². The van der Waals surface area contributed by atoms with Crippen LogP contribution < -0.4 is 5.48 Å². The second kappa shape index (κ2) is 10.2. The van der Waals surface area contributed by atoms with Crippen LogP contribution in [0.1, 0.15) is 43.9 Å². The van der Waals surface area contributed by atoms with Crippen LogP contribution in [-0.2, 0) is 14.8 Å². The molecule has 7 heteroatoms. The number of carbonyl (C=O) groups is 1. The number of hydrogen-bond donors (Lipinski definition) is 2. The van der Waals surface area contributed by atoms with E-state index in [1.165, 1.54) is 21.9 Å². The van der Waals surface area contributed by atoms with Crippen LogP contribution in [0, 0.1) is 0 Å². The summed E-state index contributed by atoms with van der Waals surface area (Å²) in [7, 11) is -3.74. The number of benzene rings is 2. The maximum atomic E-state index is 13.4. The van der Waals surface area contributed by atoms with Gasteiger partial charge in [-0.3, -0.25) is 10.0 Å². The molecule has 1 amide bonds. The van der Waals surface area contributed by atoms with Crippen LogP contribution in [0.25, 0.3) is 6.08 Å². The van der Waals surface area contributed by atoms with Crippen molar-refractivity contribution in [2.75, 3.05) is 6.54 Å². The number of rotatable bonds is 9. The summed E-state index contributed by atoms with van der Waals surface area (Å²) in [6, 6.07) is 15.6. The highest BCUT2D eigenvalue weighted by Gasteiger charge is 2.29. The molecule has 28 heavy (non-hydrogen) atoms. The van der Waals surface area contributed by atoms with E-state index in [2.05, 4.69) is 0 Å².